The summed E-state index contributed by atoms with van der Waals surface area (Å²) >= 11 is 0. The SMILES string of the molecule is O=C(CNC(=O)c1ccc(N2CCCC2=O)cc1)NNC(=O)Cc1c[nH]c2ccccc12. The molecule has 4 rings (SSSR count). The van der Waals surface area contributed by atoms with E-state index in [1.54, 1.807) is 35.4 Å². The van der Waals surface area contributed by atoms with Crippen LogP contribution in [0.25, 0.3) is 10.9 Å². The van der Waals surface area contributed by atoms with Gasteiger partial charge in [0.05, 0.1) is 13.0 Å². The Hall–Kier alpha value is -4.14. The molecule has 9 heteroatoms. The number of benzene rings is 2. The Bertz CT molecular complexity index is 1170. The normalized spacial score (nSPS) is 13.2. The molecule has 0 aliphatic carbocycles. The first kappa shape index (κ1) is 21.1. The van der Waals surface area contributed by atoms with E-state index in [0.717, 1.165) is 28.6 Å². The molecule has 0 radical (unpaired) electrons. The van der Waals surface area contributed by atoms with Crippen molar-refractivity contribution in [2.24, 2.45) is 0 Å². The van der Waals surface area contributed by atoms with E-state index in [4.69, 9.17) is 0 Å². The standard InChI is InChI=1S/C23H23N5O4/c29-20(12-16-13-24-19-5-2-1-4-18(16)19)26-27-21(30)14-25-23(32)15-7-9-17(10-8-15)28-11-3-6-22(28)31/h1-2,4-5,7-10,13,24H,3,6,11-12,14H2,(H,25,32)(H,26,29)(H,27,30). The molecule has 1 aliphatic rings. The number of aromatic nitrogens is 1. The highest BCUT2D eigenvalue weighted by Crippen LogP contribution is 2.21. The van der Waals surface area contributed by atoms with Gasteiger partial charge in [0, 0.05) is 41.3 Å². The fourth-order valence-corrected chi connectivity index (χ4v) is 3.66. The third-order valence-corrected chi connectivity index (χ3v) is 5.29. The molecule has 3 aromatic rings. The molecule has 1 fully saturated rings. The molecule has 1 saturated heterocycles. The number of hydrogen-bond donors (Lipinski definition) is 4. The zero-order valence-corrected chi connectivity index (χ0v) is 17.3. The summed E-state index contributed by atoms with van der Waals surface area (Å²) in [6.07, 6.45) is 3.23. The summed E-state index contributed by atoms with van der Waals surface area (Å²) in [5, 5.41) is 3.45. The number of hydrazine groups is 1. The highest BCUT2D eigenvalue weighted by molar-refractivity contribution is 5.99. The molecule has 0 spiro atoms. The molecular weight excluding hydrogens is 410 g/mol. The quantitative estimate of drug-likeness (QED) is 0.439. The molecule has 32 heavy (non-hydrogen) atoms. The van der Waals surface area contributed by atoms with E-state index in [9.17, 15) is 19.2 Å². The number of hydrogen-bond acceptors (Lipinski definition) is 4. The number of rotatable bonds is 6. The van der Waals surface area contributed by atoms with Gasteiger partial charge in [0.15, 0.2) is 0 Å². The van der Waals surface area contributed by atoms with E-state index in [2.05, 4.69) is 21.2 Å². The minimum Gasteiger partial charge on any atom is -0.361 e. The van der Waals surface area contributed by atoms with Crippen molar-refractivity contribution in [2.75, 3.05) is 18.0 Å². The van der Waals surface area contributed by atoms with Crippen LogP contribution in [0.1, 0.15) is 28.8 Å². The summed E-state index contributed by atoms with van der Waals surface area (Å²) in [6, 6.07) is 14.3. The van der Waals surface area contributed by atoms with Crippen LogP contribution in [0.3, 0.4) is 0 Å². The molecule has 1 aliphatic heterocycles. The molecule has 0 atom stereocenters. The number of nitrogens with one attached hydrogen (secondary N) is 4. The van der Waals surface area contributed by atoms with Crippen molar-refractivity contribution < 1.29 is 19.2 Å². The van der Waals surface area contributed by atoms with Crippen LogP contribution < -0.4 is 21.1 Å². The first-order valence-electron chi connectivity index (χ1n) is 10.3. The third-order valence-electron chi connectivity index (χ3n) is 5.29. The summed E-state index contributed by atoms with van der Waals surface area (Å²) in [7, 11) is 0. The van der Waals surface area contributed by atoms with Crippen LogP contribution >= 0.6 is 0 Å². The molecule has 2 heterocycles. The molecule has 1 aromatic heterocycles. The fourth-order valence-electron chi connectivity index (χ4n) is 3.66. The smallest absolute Gasteiger partial charge is 0.257 e. The van der Waals surface area contributed by atoms with Crippen LogP contribution in [0.2, 0.25) is 0 Å². The number of fused-ring (bicyclic) bond motifs is 1. The van der Waals surface area contributed by atoms with Crippen molar-refractivity contribution in [3.63, 3.8) is 0 Å². The highest BCUT2D eigenvalue weighted by Gasteiger charge is 2.21. The summed E-state index contributed by atoms with van der Waals surface area (Å²) < 4.78 is 0. The van der Waals surface area contributed by atoms with E-state index >= 15 is 0 Å². The van der Waals surface area contributed by atoms with E-state index in [-0.39, 0.29) is 24.8 Å². The minimum absolute atomic E-state index is 0.0746. The van der Waals surface area contributed by atoms with Gasteiger partial charge in [-0.1, -0.05) is 18.2 Å². The van der Waals surface area contributed by atoms with Crippen molar-refractivity contribution in [1.29, 1.82) is 0 Å². The second-order valence-electron chi connectivity index (χ2n) is 7.51. The Morgan fingerprint density at radius 1 is 0.969 bits per heavy atom. The van der Waals surface area contributed by atoms with Crippen LogP contribution in [0, 0.1) is 0 Å². The molecular formula is C23H23N5O4. The maximum atomic E-state index is 12.3. The summed E-state index contributed by atoms with van der Waals surface area (Å²) in [6.45, 7) is 0.384. The molecule has 164 valence electrons. The number of carbonyl (C=O) groups excluding carboxylic acids is 4. The molecule has 9 nitrogen and oxygen atoms in total. The Morgan fingerprint density at radius 2 is 1.72 bits per heavy atom. The fraction of sp³-hybridized carbons (Fsp3) is 0.217. The minimum atomic E-state index is -0.551. The van der Waals surface area contributed by atoms with Crippen molar-refractivity contribution in [3.05, 3.63) is 65.9 Å². The van der Waals surface area contributed by atoms with Gasteiger partial charge in [-0.2, -0.15) is 0 Å². The van der Waals surface area contributed by atoms with E-state index in [1.807, 2.05) is 24.3 Å². The lowest BCUT2D eigenvalue weighted by Crippen LogP contribution is -2.46. The summed E-state index contributed by atoms with van der Waals surface area (Å²) in [4.78, 5) is 52.9. The van der Waals surface area contributed by atoms with Gasteiger partial charge in [-0.15, -0.1) is 0 Å². The molecule has 0 unspecified atom stereocenters. The van der Waals surface area contributed by atoms with Crippen molar-refractivity contribution in [1.82, 2.24) is 21.2 Å². The van der Waals surface area contributed by atoms with Crippen LogP contribution in [0.4, 0.5) is 5.69 Å². The van der Waals surface area contributed by atoms with E-state index in [1.165, 1.54) is 0 Å². The molecule has 4 N–H and O–H groups in total. The number of anilines is 1. The maximum absolute atomic E-state index is 12.3. The summed E-state index contributed by atoms with van der Waals surface area (Å²) in [5.74, 6) is -1.28. The number of amides is 4. The van der Waals surface area contributed by atoms with Crippen LogP contribution in [0.5, 0.6) is 0 Å². The average Bonchev–Trinajstić information content (AvgIpc) is 3.42. The predicted octanol–water partition coefficient (Wildman–Crippen LogP) is 1.41. The molecule has 0 bridgehead atoms. The number of H-pyrrole nitrogens is 1. The topological polar surface area (TPSA) is 123 Å². The van der Waals surface area contributed by atoms with Crippen LogP contribution in [-0.2, 0) is 20.8 Å². The van der Waals surface area contributed by atoms with Gasteiger partial charge in [0.1, 0.15) is 0 Å². The lowest BCUT2D eigenvalue weighted by Gasteiger charge is -2.15. The molecule has 2 aromatic carbocycles. The predicted molar refractivity (Wildman–Crippen MR) is 119 cm³/mol. The maximum Gasteiger partial charge on any atom is 0.257 e. The van der Waals surface area contributed by atoms with Gasteiger partial charge >= 0.3 is 0 Å². The number of nitrogens with zero attached hydrogens (tertiary/aromatic N) is 1. The zero-order chi connectivity index (χ0) is 22.5. The van der Waals surface area contributed by atoms with Crippen molar-refractivity contribution in [3.8, 4) is 0 Å². The second-order valence-corrected chi connectivity index (χ2v) is 7.51. The zero-order valence-electron chi connectivity index (χ0n) is 17.3. The Kier molecular flexibility index (Phi) is 6.16. The van der Waals surface area contributed by atoms with E-state index < -0.39 is 11.8 Å². The van der Waals surface area contributed by atoms with Gasteiger partial charge in [-0.05, 0) is 42.3 Å². The first-order valence-corrected chi connectivity index (χ1v) is 10.3. The van der Waals surface area contributed by atoms with Crippen LogP contribution in [-0.4, -0.2) is 41.7 Å². The Balaban J connectivity index is 1.21. The lowest BCUT2D eigenvalue weighted by atomic mass is 10.1. The van der Waals surface area contributed by atoms with Crippen LogP contribution in [0.15, 0.2) is 54.7 Å². The van der Waals surface area contributed by atoms with Gasteiger partial charge in [-0.25, -0.2) is 0 Å². The number of carbonyl (C=O) groups is 4. The lowest BCUT2D eigenvalue weighted by molar-refractivity contribution is -0.128. The van der Waals surface area contributed by atoms with E-state index in [0.29, 0.717) is 18.5 Å². The highest BCUT2D eigenvalue weighted by atomic mass is 16.2. The molecule has 4 amide bonds. The Labute approximate surface area is 184 Å². The van der Waals surface area contributed by atoms with Crippen molar-refractivity contribution in [2.45, 2.75) is 19.3 Å². The largest absolute Gasteiger partial charge is 0.361 e. The summed E-state index contributed by atoms with van der Waals surface area (Å²) in [5.41, 5.74) is 7.52. The second kappa shape index (κ2) is 9.34. The average molecular weight is 433 g/mol. The monoisotopic (exact) mass is 433 g/mol. The van der Waals surface area contributed by atoms with Gasteiger partial charge < -0.3 is 15.2 Å². The Morgan fingerprint density at radius 3 is 2.47 bits per heavy atom. The number of aromatic amines is 1. The van der Waals surface area contributed by atoms with Gasteiger partial charge in [0.2, 0.25) is 11.8 Å². The third kappa shape index (κ3) is 4.77. The molecule has 0 saturated carbocycles. The number of para-hydroxylation sites is 1. The van der Waals surface area contributed by atoms with Gasteiger partial charge in [0.25, 0.3) is 11.8 Å². The van der Waals surface area contributed by atoms with Crippen molar-refractivity contribution >= 4 is 40.2 Å². The van der Waals surface area contributed by atoms with Gasteiger partial charge in [-0.3, -0.25) is 30.0 Å². The first-order chi connectivity index (χ1) is 15.5.